The van der Waals surface area contributed by atoms with Crippen molar-refractivity contribution in [2.45, 2.75) is 19.9 Å². The van der Waals surface area contributed by atoms with Gasteiger partial charge in [-0.15, -0.1) is 0 Å². The molecule has 8 heteroatoms. The van der Waals surface area contributed by atoms with E-state index in [-0.39, 0.29) is 17.3 Å². The largest absolute Gasteiger partial charge is 0.477 e. The molecule has 8 nitrogen and oxygen atoms in total. The number of H-pyrrole nitrogens is 1. The predicted molar refractivity (Wildman–Crippen MR) is 63.7 cm³/mol. The van der Waals surface area contributed by atoms with Gasteiger partial charge in [-0.3, -0.25) is 4.79 Å². The van der Waals surface area contributed by atoms with Crippen molar-refractivity contribution in [2.24, 2.45) is 5.92 Å². The standard InChI is InChI=1S/C11H15N3O5/c1-5(2)6(11(18)19-3)14-9(15)7-8(10(16)17)13-4-12-7/h4-6H,1-3H3,(H,12,13)(H,14,15)(H,16,17)/t6-/m0/s1. The Morgan fingerprint density at radius 3 is 2.53 bits per heavy atom. The minimum absolute atomic E-state index is 0.205. The number of hydrogen-bond donors (Lipinski definition) is 3. The van der Waals surface area contributed by atoms with Crippen LogP contribution in [0.1, 0.15) is 34.8 Å². The van der Waals surface area contributed by atoms with Crippen molar-refractivity contribution in [1.82, 2.24) is 15.3 Å². The molecule has 0 aromatic carbocycles. The number of aromatic carboxylic acids is 1. The summed E-state index contributed by atoms with van der Waals surface area (Å²) in [4.78, 5) is 40.2. The zero-order chi connectivity index (χ0) is 14.6. The fraction of sp³-hybridized carbons (Fsp3) is 0.455. The molecule has 0 unspecified atom stereocenters. The van der Waals surface area contributed by atoms with Gasteiger partial charge in [0.15, 0.2) is 11.4 Å². The lowest BCUT2D eigenvalue weighted by Crippen LogP contribution is -2.45. The normalized spacial score (nSPS) is 12.0. The van der Waals surface area contributed by atoms with Gasteiger partial charge in [0.25, 0.3) is 5.91 Å². The molecule has 0 bridgehead atoms. The molecule has 0 aliphatic rings. The zero-order valence-electron chi connectivity index (χ0n) is 10.8. The van der Waals surface area contributed by atoms with Gasteiger partial charge < -0.3 is 20.1 Å². The second-order valence-electron chi connectivity index (χ2n) is 4.15. The summed E-state index contributed by atoms with van der Waals surface area (Å²) in [5, 5.41) is 11.3. The first kappa shape index (κ1) is 14.7. The lowest BCUT2D eigenvalue weighted by molar-refractivity contribution is -0.144. The summed E-state index contributed by atoms with van der Waals surface area (Å²) in [5.41, 5.74) is -0.605. The molecule has 0 aliphatic carbocycles. The molecule has 1 aromatic heterocycles. The van der Waals surface area contributed by atoms with Crippen molar-refractivity contribution in [2.75, 3.05) is 7.11 Å². The van der Waals surface area contributed by atoms with E-state index in [1.54, 1.807) is 13.8 Å². The predicted octanol–water partition coefficient (Wildman–Crippen LogP) is 0.0353. The minimum Gasteiger partial charge on any atom is -0.477 e. The molecular weight excluding hydrogens is 254 g/mol. The number of carbonyl (C=O) groups excluding carboxylic acids is 2. The van der Waals surface area contributed by atoms with Crippen LogP contribution in [0.15, 0.2) is 6.33 Å². The summed E-state index contributed by atoms with van der Waals surface area (Å²) in [6.45, 7) is 3.45. The summed E-state index contributed by atoms with van der Waals surface area (Å²) in [6.07, 6.45) is 1.10. The molecule has 1 aromatic rings. The SMILES string of the molecule is COC(=O)[C@@H](NC(=O)c1nc[nH]c1C(=O)O)C(C)C. The van der Waals surface area contributed by atoms with Crippen LogP contribution in [0.5, 0.6) is 0 Å². The van der Waals surface area contributed by atoms with Crippen LogP contribution in [0.3, 0.4) is 0 Å². The molecule has 0 radical (unpaired) electrons. The fourth-order valence-corrected chi connectivity index (χ4v) is 1.46. The van der Waals surface area contributed by atoms with E-state index in [0.717, 1.165) is 6.33 Å². The number of methoxy groups -OCH3 is 1. The number of imidazole rings is 1. The van der Waals surface area contributed by atoms with Gasteiger partial charge in [-0.05, 0) is 5.92 Å². The van der Waals surface area contributed by atoms with Gasteiger partial charge >= 0.3 is 11.9 Å². The fourth-order valence-electron chi connectivity index (χ4n) is 1.46. The number of aromatic nitrogens is 2. The van der Waals surface area contributed by atoms with E-state index >= 15 is 0 Å². The van der Waals surface area contributed by atoms with Crippen molar-refractivity contribution in [1.29, 1.82) is 0 Å². The van der Waals surface area contributed by atoms with E-state index in [1.807, 2.05) is 0 Å². The highest BCUT2D eigenvalue weighted by atomic mass is 16.5. The molecule has 104 valence electrons. The number of carboxylic acid groups (broad SMARTS) is 1. The van der Waals surface area contributed by atoms with E-state index in [2.05, 4.69) is 20.0 Å². The topological polar surface area (TPSA) is 121 Å². The summed E-state index contributed by atoms with van der Waals surface area (Å²) < 4.78 is 4.57. The van der Waals surface area contributed by atoms with E-state index in [1.165, 1.54) is 7.11 Å². The van der Waals surface area contributed by atoms with Crippen molar-refractivity contribution >= 4 is 17.8 Å². The highest BCUT2D eigenvalue weighted by Crippen LogP contribution is 2.07. The molecule has 1 rings (SSSR count). The number of carbonyl (C=O) groups is 3. The summed E-state index contributed by atoms with van der Waals surface area (Å²) in [7, 11) is 1.21. The highest BCUT2D eigenvalue weighted by Gasteiger charge is 2.28. The second-order valence-corrected chi connectivity index (χ2v) is 4.15. The molecule has 0 fully saturated rings. The van der Waals surface area contributed by atoms with Crippen molar-refractivity contribution < 1.29 is 24.2 Å². The monoisotopic (exact) mass is 269 g/mol. The van der Waals surface area contributed by atoms with Gasteiger partial charge in [-0.1, -0.05) is 13.8 Å². The minimum atomic E-state index is -1.30. The average molecular weight is 269 g/mol. The van der Waals surface area contributed by atoms with E-state index < -0.39 is 23.9 Å². The third kappa shape index (κ3) is 3.30. The van der Waals surface area contributed by atoms with E-state index in [4.69, 9.17) is 5.11 Å². The van der Waals surface area contributed by atoms with Gasteiger partial charge in [0.1, 0.15) is 6.04 Å². The quantitative estimate of drug-likeness (QED) is 0.648. The van der Waals surface area contributed by atoms with Crippen LogP contribution in [0.25, 0.3) is 0 Å². The van der Waals surface area contributed by atoms with Crippen LogP contribution >= 0.6 is 0 Å². The summed E-state index contributed by atoms with van der Waals surface area (Å²) in [6, 6.07) is -0.865. The number of aromatic amines is 1. The molecule has 3 N–H and O–H groups in total. The summed E-state index contributed by atoms with van der Waals surface area (Å²) in [5.74, 6) is -2.86. The molecule has 19 heavy (non-hydrogen) atoms. The molecule has 1 amide bonds. The first-order valence-electron chi connectivity index (χ1n) is 5.53. The van der Waals surface area contributed by atoms with Crippen LogP contribution in [-0.2, 0) is 9.53 Å². The van der Waals surface area contributed by atoms with Crippen LogP contribution in [0.2, 0.25) is 0 Å². The molecule has 0 saturated carbocycles. The number of rotatable bonds is 5. The number of nitrogens with one attached hydrogen (secondary N) is 2. The number of ether oxygens (including phenoxy) is 1. The molecular formula is C11H15N3O5. The average Bonchev–Trinajstić information content (AvgIpc) is 2.83. The molecule has 0 saturated heterocycles. The Balaban J connectivity index is 2.91. The van der Waals surface area contributed by atoms with Gasteiger partial charge in [-0.2, -0.15) is 0 Å². The number of esters is 1. The van der Waals surface area contributed by atoms with Gasteiger partial charge in [0.2, 0.25) is 0 Å². The number of amides is 1. The summed E-state index contributed by atoms with van der Waals surface area (Å²) >= 11 is 0. The Morgan fingerprint density at radius 1 is 1.42 bits per heavy atom. The van der Waals surface area contributed by atoms with Crippen LogP contribution in [0.4, 0.5) is 0 Å². The molecule has 0 aliphatic heterocycles. The number of nitrogens with zero attached hydrogens (tertiary/aromatic N) is 1. The second kappa shape index (κ2) is 5.98. The Bertz CT molecular complexity index is 494. The first-order chi connectivity index (χ1) is 8.88. The van der Waals surface area contributed by atoms with Crippen LogP contribution in [0, 0.1) is 5.92 Å². The third-order valence-electron chi connectivity index (χ3n) is 2.48. The maximum atomic E-state index is 11.9. The van der Waals surface area contributed by atoms with Crippen molar-refractivity contribution in [3.05, 3.63) is 17.7 Å². The third-order valence-corrected chi connectivity index (χ3v) is 2.48. The number of carboxylic acids is 1. The lowest BCUT2D eigenvalue weighted by atomic mass is 10.0. The first-order valence-corrected chi connectivity index (χ1v) is 5.53. The van der Waals surface area contributed by atoms with Crippen LogP contribution < -0.4 is 5.32 Å². The Hall–Kier alpha value is -2.38. The Morgan fingerprint density at radius 2 is 2.05 bits per heavy atom. The van der Waals surface area contributed by atoms with E-state index in [0.29, 0.717) is 0 Å². The maximum Gasteiger partial charge on any atom is 0.354 e. The van der Waals surface area contributed by atoms with Gasteiger partial charge in [-0.25, -0.2) is 14.6 Å². The van der Waals surface area contributed by atoms with Gasteiger partial charge in [0.05, 0.1) is 13.4 Å². The van der Waals surface area contributed by atoms with Crippen LogP contribution in [-0.4, -0.2) is 46.1 Å². The maximum absolute atomic E-state index is 11.9. The van der Waals surface area contributed by atoms with E-state index in [9.17, 15) is 14.4 Å². The molecule has 0 spiro atoms. The molecule has 1 atom stereocenters. The van der Waals surface area contributed by atoms with Gasteiger partial charge in [0, 0.05) is 0 Å². The van der Waals surface area contributed by atoms with Crippen molar-refractivity contribution in [3.63, 3.8) is 0 Å². The number of hydrogen-bond acceptors (Lipinski definition) is 5. The molecule has 1 heterocycles. The Labute approximate surface area is 109 Å². The Kier molecular flexibility index (Phi) is 4.62. The zero-order valence-corrected chi connectivity index (χ0v) is 10.8. The smallest absolute Gasteiger partial charge is 0.354 e. The highest BCUT2D eigenvalue weighted by molar-refractivity contribution is 6.03. The lowest BCUT2D eigenvalue weighted by Gasteiger charge is -2.19. The van der Waals surface area contributed by atoms with Crippen molar-refractivity contribution in [3.8, 4) is 0 Å².